The quantitative estimate of drug-likeness (QED) is 0.466. The molecule has 186 valence electrons. The highest BCUT2D eigenvalue weighted by Crippen LogP contribution is 2.63. The summed E-state index contributed by atoms with van der Waals surface area (Å²) in [4.78, 5) is 12.1. The van der Waals surface area contributed by atoms with E-state index < -0.39 is 0 Å². The molecule has 2 aromatic carbocycles. The Morgan fingerprint density at radius 2 is 1.67 bits per heavy atom. The van der Waals surface area contributed by atoms with E-state index in [1.807, 2.05) is 36.4 Å². The highest BCUT2D eigenvalue weighted by molar-refractivity contribution is 5.93. The lowest BCUT2D eigenvalue weighted by atomic mass is 9.53. The molecule has 0 amide bonds. The van der Waals surface area contributed by atoms with Crippen LogP contribution in [0.25, 0.3) is 0 Å². The molecule has 2 saturated carbocycles. The second-order valence-electron chi connectivity index (χ2n) is 10.9. The Bertz CT molecular complexity index is 1210. The van der Waals surface area contributed by atoms with Crippen LogP contribution in [0.15, 0.2) is 77.4 Å². The van der Waals surface area contributed by atoms with Gasteiger partial charge in [-0.3, -0.25) is 4.79 Å². The van der Waals surface area contributed by atoms with Gasteiger partial charge in [0, 0.05) is 12.3 Å². The van der Waals surface area contributed by atoms with Gasteiger partial charge in [-0.25, -0.2) is 0 Å². The fourth-order valence-corrected chi connectivity index (χ4v) is 7.32. The Balaban J connectivity index is 0.000000848. The highest BCUT2D eigenvalue weighted by atomic mass is 16.5. The highest BCUT2D eigenvalue weighted by Gasteiger charge is 2.56. The third kappa shape index (κ3) is 4.44. The molecule has 36 heavy (non-hydrogen) atoms. The molecule has 0 spiro atoms. The molecular formula is C33H36O3. The van der Waals surface area contributed by atoms with Gasteiger partial charge in [-0.15, -0.1) is 12.3 Å². The number of allylic oxidation sites excluding steroid dienone is 4. The minimum absolute atomic E-state index is 0.0374. The Morgan fingerprint density at radius 3 is 2.39 bits per heavy atom. The summed E-state index contributed by atoms with van der Waals surface area (Å²) in [7, 11) is 0. The summed E-state index contributed by atoms with van der Waals surface area (Å²) in [5, 5.41) is 11.0. The van der Waals surface area contributed by atoms with Gasteiger partial charge in [0.1, 0.15) is 11.5 Å². The molecule has 4 aliphatic rings. The molecule has 0 radical (unpaired) electrons. The minimum Gasteiger partial charge on any atom is -0.457 e. The van der Waals surface area contributed by atoms with Gasteiger partial charge in [-0.2, -0.15) is 0 Å². The maximum atomic E-state index is 12.1. The zero-order chi connectivity index (χ0) is 25.3. The lowest BCUT2D eigenvalue weighted by molar-refractivity contribution is -0.114. The first-order valence-corrected chi connectivity index (χ1v) is 13.3. The van der Waals surface area contributed by atoms with Crippen LogP contribution in [0.5, 0.6) is 11.5 Å². The van der Waals surface area contributed by atoms with Crippen LogP contribution in [0.3, 0.4) is 0 Å². The molecule has 6 rings (SSSR count). The van der Waals surface area contributed by atoms with Crippen LogP contribution < -0.4 is 4.74 Å². The predicted molar refractivity (Wildman–Crippen MR) is 144 cm³/mol. The maximum Gasteiger partial charge on any atom is 0.156 e. The van der Waals surface area contributed by atoms with Gasteiger partial charge in [0.15, 0.2) is 5.78 Å². The number of terminal acetylenes is 1. The SMILES string of the molecule is C#CC.CC12CC(c3ccc(Oc4ccccc4)cc3)C3=C4CCC(=O)C=C4CCC3C1CCC2O. The van der Waals surface area contributed by atoms with Gasteiger partial charge < -0.3 is 9.84 Å². The van der Waals surface area contributed by atoms with Gasteiger partial charge in [-0.05, 0) is 110 Å². The van der Waals surface area contributed by atoms with Crippen molar-refractivity contribution in [2.24, 2.45) is 17.3 Å². The van der Waals surface area contributed by atoms with Crippen molar-refractivity contribution in [2.45, 2.75) is 70.8 Å². The van der Waals surface area contributed by atoms with Crippen LogP contribution in [0.4, 0.5) is 0 Å². The van der Waals surface area contributed by atoms with E-state index >= 15 is 0 Å². The molecule has 0 aliphatic heterocycles. The minimum atomic E-state index is -0.220. The van der Waals surface area contributed by atoms with Crippen LogP contribution in [0, 0.1) is 29.6 Å². The number of hydrogen-bond acceptors (Lipinski definition) is 3. The number of aliphatic hydroxyl groups is 1. The Labute approximate surface area is 215 Å². The van der Waals surface area contributed by atoms with Crippen molar-refractivity contribution in [3.05, 3.63) is 83.0 Å². The lowest BCUT2D eigenvalue weighted by Gasteiger charge is -2.52. The first-order chi connectivity index (χ1) is 17.4. The zero-order valence-electron chi connectivity index (χ0n) is 21.4. The van der Waals surface area contributed by atoms with E-state index in [4.69, 9.17) is 4.74 Å². The summed E-state index contributed by atoms with van der Waals surface area (Å²) in [6.45, 7) is 3.98. The zero-order valence-corrected chi connectivity index (χ0v) is 21.4. The number of para-hydroxylation sites is 1. The van der Waals surface area contributed by atoms with Crippen molar-refractivity contribution in [1.82, 2.24) is 0 Å². The molecule has 5 atom stereocenters. The van der Waals surface area contributed by atoms with Gasteiger partial charge in [0.05, 0.1) is 6.10 Å². The summed E-state index contributed by atoms with van der Waals surface area (Å²) in [5.41, 5.74) is 5.59. The average Bonchev–Trinajstić information content (AvgIpc) is 3.19. The molecule has 0 aromatic heterocycles. The molecule has 1 N–H and O–H groups in total. The molecule has 5 unspecified atom stereocenters. The van der Waals surface area contributed by atoms with Gasteiger partial charge in [0.2, 0.25) is 0 Å². The van der Waals surface area contributed by atoms with Gasteiger partial charge in [-0.1, -0.05) is 42.8 Å². The van der Waals surface area contributed by atoms with E-state index in [1.54, 1.807) is 12.5 Å². The molecule has 3 heteroatoms. The van der Waals surface area contributed by atoms with Crippen LogP contribution in [0.2, 0.25) is 0 Å². The smallest absolute Gasteiger partial charge is 0.156 e. The van der Waals surface area contributed by atoms with Crippen molar-refractivity contribution in [3.8, 4) is 23.8 Å². The number of carbonyl (C=O) groups is 1. The van der Waals surface area contributed by atoms with Crippen molar-refractivity contribution in [1.29, 1.82) is 0 Å². The number of fused-ring (bicyclic) bond motifs is 4. The molecule has 3 nitrogen and oxygen atoms in total. The van der Waals surface area contributed by atoms with E-state index in [9.17, 15) is 9.90 Å². The molecule has 2 aromatic rings. The van der Waals surface area contributed by atoms with Gasteiger partial charge >= 0.3 is 0 Å². The average molecular weight is 481 g/mol. The third-order valence-electron chi connectivity index (χ3n) is 8.94. The van der Waals surface area contributed by atoms with Gasteiger partial charge in [0.25, 0.3) is 0 Å². The van der Waals surface area contributed by atoms with E-state index in [0.29, 0.717) is 24.2 Å². The number of ketones is 1. The number of benzene rings is 2. The van der Waals surface area contributed by atoms with Crippen LogP contribution >= 0.6 is 0 Å². The molecule has 0 bridgehead atoms. The molecule has 0 heterocycles. The molecule has 0 saturated heterocycles. The van der Waals surface area contributed by atoms with E-state index in [1.165, 1.54) is 16.7 Å². The molecule has 4 aliphatic carbocycles. The second kappa shape index (κ2) is 10.1. The van der Waals surface area contributed by atoms with Crippen LogP contribution in [-0.2, 0) is 4.79 Å². The number of carbonyl (C=O) groups excluding carboxylic acids is 1. The monoisotopic (exact) mass is 480 g/mol. The van der Waals surface area contributed by atoms with Crippen LogP contribution in [0.1, 0.15) is 70.3 Å². The maximum absolute atomic E-state index is 12.1. The fraction of sp³-hybridized carbons (Fsp3) is 0.424. The van der Waals surface area contributed by atoms with Crippen molar-refractivity contribution < 1.29 is 14.6 Å². The summed E-state index contributed by atoms with van der Waals surface area (Å²) in [6.07, 6.45) is 12.9. The number of ether oxygens (including phenoxy) is 1. The lowest BCUT2D eigenvalue weighted by Crippen LogP contribution is -2.45. The molecular weight excluding hydrogens is 444 g/mol. The first kappa shape index (κ1) is 24.6. The Morgan fingerprint density at radius 1 is 0.972 bits per heavy atom. The summed E-state index contributed by atoms with van der Waals surface area (Å²) >= 11 is 0. The van der Waals surface area contributed by atoms with E-state index in [0.717, 1.165) is 50.0 Å². The number of aliphatic hydroxyl groups excluding tert-OH is 1. The Hall–Kier alpha value is -3.09. The largest absolute Gasteiger partial charge is 0.457 e. The van der Waals surface area contributed by atoms with Crippen molar-refractivity contribution in [2.75, 3.05) is 0 Å². The third-order valence-corrected chi connectivity index (χ3v) is 8.94. The van der Waals surface area contributed by atoms with Crippen LogP contribution in [-0.4, -0.2) is 17.0 Å². The van der Waals surface area contributed by atoms with E-state index in [2.05, 4.69) is 43.5 Å². The first-order valence-electron chi connectivity index (χ1n) is 13.3. The topological polar surface area (TPSA) is 46.5 Å². The number of rotatable bonds is 3. The Kier molecular flexibility index (Phi) is 6.91. The normalized spacial score (nSPS) is 30.6. The second-order valence-corrected chi connectivity index (χ2v) is 10.9. The molecule has 2 fully saturated rings. The summed E-state index contributed by atoms with van der Waals surface area (Å²) in [5.74, 6) is 5.57. The van der Waals surface area contributed by atoms with Crippen molar-refractivity contribution >= 4 is 5.78 Å². The summed E-state index contributed by atoms with van der Waals surface area (Å²) in [6, 6.07) is 18.5. The standard InChI is InChI=1S/C30H32O3.C3H4/c1-30-18-26(19-7-11-23(12-8-19)33-22-5-3-2-4-6-22)29-24-14-10-21(31)17-20(24)9-13-25(29)27(30)15-16-28(30)32;1-3-2/h2-8,11-12,17,25-28,32H,9-10,13-16,18H2,1H3;1H,2H3. The summed E-state index contributed by atoms with van der Waals surface area (Å²) < 4.78 is 6.03. The predicted octanol–water partition coefficient (Wildman–Crippen LogP) is 7.38. The number of hydrogen-bond donors (Lipinski definition) is 1. The van der Waals surface area contributed by atoms with E-state index in [-0.39, 0.29) is 17.3 Å². The fourth-order valence-electron chi connectivity index (χ4n) is 7.32. The van der Waals surface area contributed by atoms with Crippen molar-refractivity contribution in [3.63, 3.8) is 0 Å².